The summed E-state index contributed by atoms with van der Waals surface area (Å²) in [5.74, 6) is 2.10. The van der Waals surface area contributed by atoms with Crippen LogP contribution in [0.25, 0.3) is 21.3 Å². The molecule has 5 nitrogen and oxygen atoms in total. The van der Waals surface area contributed by atoms with Crippen molar-refractivity contribution in [1.29, 1.82) is 0 Å². The van der Waals surface area contributed by atoms with Crippen molar-refractivity contribution < 1.29 is 9.47 Å². The predicted octanol–water partition coefficient (Wildman–Crippen LogP) is 5.77. The quantitative estimate of drug-likeness (QED) is 0.463. The Kier molecular flexibility index (Phi) is 4.83. The standard InChI is InChI=1S/C20H16ClN3O2S/c1-25-16-7-6-12(8-17(16)26-2)15-10-27-20-18(15)19(22-11-23-20)24-14-5-3-4-13(21)9-14/h3-11H,1-2H3,(H,22,23,24). The number of halogens is 1. The molecule has 0 fully saturated rings. The normalized spacial score (nSPS) is 10.8. The first-order chi connectivity index (χ1) is 13.2. The number of fused-ring (bicyclic) bond motifs is 1. The molecular weight excluding hydrogens is 382 g/mol. The van der Waals surface area contributed by atoms with Crippen molar-refractivity contribution in [2.75, 3.05) is 19.5 Å². The molecule has 27 heavy (non-hydrogen) atoms. The van der Waals surface area contributed by atoms with Gasteiger partial charge in [0.25, 0.3) is 0 Å². The molecular formula is C20H16ClN3O2S. The van der Waals surface area contributed by atoms with Crippen LogP contribution in [0, 0.1) is 0 Å². The van der Waals surface area contributed by atoms with Crippen LogP contribution in [0.1, 0.15) is 0 Å². The molecule has 0 radical (unpaired) electrons. The number of nitrogens with one attached hydrogen (secondary N) is 1. The number of aromatic nitrogens is 2. The van der Waals surface area contributed by atoms with Crippen LogP contribution in [0.2, 0.25) is 5.02 Å². The molecule has 2 heterocycles. The highest BCUT2D eigenvalue weighted by molar-refractivity contribution is 7.17. The van der Waals surface area contributed by atoms with E-state index in [0.717, 1.165) is 32.8 Å². The molecule has 1 N–H and O–H groups in total. The Hall–Kier alpha value is -2.83. The summed E-state index contributed by atoms with van der Waals surface area (Å²) < 4.78 is 10.8. The molecule has 0 saturated carbocycles. The van der Waals surface area contributed by atoms with Crippen LogP contribution in [0.3, 0.4) is 0 Å². The summed E-state index contributed by atoms with van der Waals surface area (Å²) in [5.41, 5.74) is 2.90. The van der Waals surface area contributed by atoms with Gasteiger partial charge in [-0.1, -0.05) is 23.7 Å². The highest BCUT2D eigenvalue weighted by atomic mass is 35.5. The maximum Gasteiger partial charge on any atom is 0.161 e. The first-order valence-corrected chi connectivity index (χ1v) is 9.42. The van der Waals surface area contributed by atoms with E-state index < -0.39 is 0 Å². The molecule has 4 rings (SSSR count). The average Bonchev–Trinajstić information content (AvgIpc) is 3.13. The SMILES string of the molecule is COc1ccc(-c2csc3ncnc(Nc4cccc(Cl)c4)c23)cc1OC. The average molecular weight is 398 g/mol. The fourth-order valence-corrected chi connectivity index (χ4v) is 4.00. The van der Waals surface area contributed by atoms with E-state index in [9.17, 15) is 0 Å². The Labute approximate surface area is 165 Å². The molecule has 0 spiro atoms. The zero-order valence-electron chi connectivity index (χ0n) is 14.7. The third-order valence-electron chi connectivity index (χ3n) is 4.15. The van der Waals surface area contributed by atoms with Crippen molar-refractivity contribution in [1.82, 2.24) is 9.97 Å². The van der Waals surface area contributed by atoms with Gasteiger partial charge in [0, 0.05) is 21.7 Å². The second-order valence-electron chi connectivity index (χ2n) is 5.76. The van der Waals surface area contributed by atoms with Crippen LogP contribution < -0.4 is 14.8 Å². The van der Waals surface area contributed by atoms with Crippen LogP contribution in [0.4, 0.5) is 11.5 Å². The maximum atomic E-state index is 6.10. The van der Waals surface area contributed by atoms with Crippen molar-refractivity contribution in [3.63, 3.8) is 0 Å². The summed E-state index contributed by atoms with van der Waals surface area (Å²) in [6, 6.07) is 13.4. The van der Waals surface area contributed by atoms with Gasteiger partial charge in [0.2, 0.25) is 0 Å². The zero-order valence-corrected chi connectivity index (χ0v) is 16.3. The van der Waals surface area contributed by atoms with Crippen LogP contribution in [0.5, 0.6) is 11.5 Å². The predicted molar refractivity (Wildman–Crippen MR) is 111 cm³/mol. The van der Waals surface area contributed by atoms with Crippen molar-refractivity contribution >= 4 is 44.7 Å². The molecule has 0 aliphatic carbocycles. The minimum absolute atomic E-state index is 0.663. The zero-order chi connectivity index (χ0) is 18.8. The van der Waals surface area contributed by atoms with Crippen LogP contribution >= 0.6 is 22.9 Å². The summed E-state index contributed by atoms with van der Waals surface area (Å²) in [5, 5.41) is 7.04. The Morgan fingerprint density at radius 1 is 1.00 bits per heavy atom. The topological polar surface area (TPSA) is 56.3 Å². The van der Waals surface area contributed by atoms with Crippen molar-refractivity contribution in [3.8, 4) is 22.6 Å². The highest BCUT2D eigenvalue weighted by Crippen LogP contribution is 2.40. The van der Waals surface area contributed by atoms with Gasteiger partial charge in [0.1, 0.15) is 17.0 Å². The van der Waals surface area contributed by atoms with Gasteiger partial charge in [-0.05, 0) is 35.9 Å². The first-order valence-electron chi connectivity index (χ1n) is 8.17. The fraction of sp³-hybridized carbons (Fsp3) is 0.100. The summed E-state index contributed by atoms with van der Waals surface area (Å²) in [6.07, 6.45) is 1.56. The molecule has 0 saturated heterocycles. The van der Waals surface area contributed by atoms with Crippen LogP contribution in [-0.4, -0.2) is 24.2 Å². The molecule has 0 atom stereocenters. The molecule has 0 unspecified atom stereocenters. The molecule has 4 aromatic rings. The van der Waals surface area contributed by atoms with Gasteiger partial charge in [0.15, 0.2) is 11.5 Å². The van der Waals surface area contributed by atoms with E-state index in [-0.39, 0.29) is 0 Å². The number of benzene rings is 2. The maximum absolute atomic E-state index is 6.10. The lowest BCUT2D eigenvalue weighted by Crippen LogP contribution is -1.95. The smallest absolute Gasteiger partial charge is 0.161 e. The molecule has 0 amide bonds. The van der Waals surface area contributed by atoms with Crippen molar-refractivity contribution in [3.05, 3.63) is 59.2 Å². The van der Waals surface area contributed by atoms with E-state index in [2.05, 4.69) is 20.7 Å². The molecule has 2 aromatic carbocycles. The number of methoxy groups -OCH3 is 2. The van der Waals surface area contributed by atoms with E-state index in [4.69, 9.17) is 21.1 Å². The van der Waals surface area contributed by atoms with Crippen LogP contribution in [0.15, 0.2) is 54.2 Å². The van der Waals surface area contributed by atoms with Gasteiger partial charge in [-0.2, -0.15) is 0 Å². The third-order valence-corrected chi connectivity index (χ3v) is 5.27. The summed E-state index contributed by atoms with van der Waals surface area (Å²) in [7, 11) is 3.25. The van der Waals surface area contributed by atoms with Gasteiger partial charge in [-0.25, -0.2) is 9.97 Å². The Morgan fingerprint density at radius 2 is 1.85 bits per heavy atom. The summed E-state index contributed by atoms with van der Waals surface area (Å²) in [6.45, 7) is 0. The van der Waals surface area contributed by atoms with Crippen LogP contribution in [-0.2, 0) is 0 Å². The van der Waals surface area contributed by atoms with E-state index in [1.165, 1.54) is 0 Å². The number of anilines is 2. The van der Waals surface area contributed by atoms with E-state index >= 15 is 0 Å². The van der Waals surface area contributed by atoms with E-state index in [1.54, 1.807) is 31.9 Å². The Bertz CT molecular complexity index is 1110. The van der Waals surface area contributed by atoms with Crippen molar-refractivity contribution in [2.45, 2.75) is 0 Å². The van der Waals surface area contributed by atoms with Gasteiger partial charge in [-0.3, -0.25) is 0 Å². The molecule has 0 aliphatic heterocycles. The number of rotatable bonds is 5. The molecule has 0 aliphatic rings. The van der Waals surface area contributed by atoms with Gasteiger partial charge < -0.3 is 14.8 Å². The number of nitrogens with zero attached hydrogens (tertiary/aromatic N) is 2. The van der Waals surface area contributed by atoms with Gasteiger partial charge in [-0.15, -0.1) is 11.3 Å². The number of hydrogen-bond acceptors (Lipinski definition) is 6. The van der Waals surface area contributed by atoms with Gasteiger partial charge >= 0.3 is 0 Å². The highest BCUT2D eigenvalue weighted by Gasteiger charge is 2.15. The number of hydrogen-bond donors (Lipinski definition) is 1. The lowest BCUT2D eigenvalue weighted by atomic mass is 10.1. The monoisotopic (exact) mass is 397 g/mol. The Morgan fingerprint density at radius 3 is 2.63 bits per heavy atom. The minimum Gasteiger partial charge on any atom is -0.493 e. The second-order valence-corrected chi connectivity index (χ2v) is 7.05. The van der Waals surface area contributed by atoms with E-state index in [1.807, 2.05) is 42.5 Å². The fourth-order valence-electron chi connectivity index (χ4n) is 2.89. The van der Waals surface area contributed by atoms with E-state index in [0.29, 0.717) is 16.5 Å². The van der Waals surface area contributed by atoms with Gasteiger partial charge in [0.05, 0.1) is 19.6 Å². The summed E-state index contributed by atoms with van der Waals surface area (Å²) in [4.78, 5) is 9.76. The molecule has 0 bridgehead atoms. The molecule has 7 heteroatoms. The lowest BCUT2D eigenvalue weighted by Gasteiger charge is -2.11. The molecule has 136 valence electrons. The van der Waals surface area contributed by atoms with Crippen molar-refractivity contribution in [2.24, 2.45) is 0 Å². The first kappa shape index (κ1) is 17.6. The minimum atomic E-state index is 0.663. The lowest BCUT2D eigenvalue weighted by molar-refractivity contribution is 0.355. The largest absolute Gasteiger partial charge is 0.493 e. The number of thiophene rings is 1. The second kappa shape index (κ2) is 7.42. The Balaban J connectivity index is 1.83. The summed E-state index contributed by atoms with van der Waals surface area (Å²) >= 11 is 7.67. The number of ether oxygens (including phenoxy) is 2. The molecule has 2 aromatic heterocycles. The third kappa shape index (κ3) is 3.41.